The van der Waals surface area contributed by atoms with E-state index in [9.17, 15) is 8.42 Å². The zero-order valence-corrected chi connectivity index (χ0v) is 13.1. The molecule has 5 nitrogen and oxygen atoms in total. The molecule has 0 heterocycles. The number of nitrogen functional groups attached to an aromatic ring is 1. The molecule has 1 aromatic rings. The van der Waals surface area contributed by atoms with Crippen molar-refractivity contribution in [3.8, 4) is 5.75 Å². The van der Waals surface area contributed by atoms with Crippen molar-refractivity contribution >= 4 is 15.7 Å². The lowest BCUT2D eigenvalue weighted by Crippen LogP contribution is -2.39. The molecule has 0 aromatic heterocycles. The van der Waals surface area contributed by atoms with Gasteiger partial charge in [-0.05, 0) is 37.1 Å². The van der Waals surface area contributed by atoms with Gasteiger partial charge in [-0.15, -0.1) is 0 Å². The van der Waals surface area contributed by atoms with Crippen LogP contribution in [-0.4, -0.2) is 26.8 Å². The Hall–Kier alpha value is -1.27. The molecule has 0 aliphatic heterocycles. The smallest absolute Gasteiger partial charge is 0.215 e. The van der Waals surface area contributed by atoms with E-state index >= 15 is 0 Å². The molecule has 2 unspecified atom stereocenters. The average Bonchev–Trinajstić information content (AvgIpc) is 2.39. The Morgan fingerprint density at radius 2 is 1.85 bits per heavy atom. The quantitative estimate of drug-likeness (QED) is 0.720. The van der Waals surface area contributed by atoms with Crippen molar-refractivity contribution in [2.24, 2.45) is 5.92 Å². The van der Waals surface area contributed by atoms with Crippen molar-refractivity contribution in [2.75, 3.05) is 18.1 Å². The van der Waals surface area contributed by atoms with Crippen LogP contribution < -0.4 is 15.2 Å². The summed E-state index contributed by atoms with van der Waals surface area (Å²) in [5.74, 6) is 0.866. The fourth-order valence-electron chi connectivity index (χ4n) is 1.65. The Morgan fingerprint density at radius 3 is 2.40 bits per heavy atom. The van der Waals surface area contributed by atoms with Gasteiger partial charge in [-0.25, -0.2) is 13.1 Å². The van der Waals surface area contributed by atoms with Gasteiger partial charge < -0.3 is 10.5 Å². The highest BCUT2D eigenvalue weighted by molar-refractivity contribution is 7.89. The first-order chi connectivity index (χ1) is 9.34. The highest BCUT2D eigenvalue weighted by atomic mass is 32.2. The van der Waals surface area contributed by atoms with Crippen LogP contribution in [0.3, 0.4) is 0 Å². The molecule has 20 heavy (non-hydrogen) atoms. The van der Waals surface area contributed by atoms with E-state index in [0.717, 1.165) is 6.42 Å². The lowest BCUT2D eigenvalue weighted by atomic mass is 10.0. The summed E-state index contributed by atoms with van der Waals surface area (Å²) < 4.78 is 31.9. The maximum Gasteiger partial charge on any atom is 0.215 e. The van der Waals surface area contributed by atoms with Gasteiger partial charge in [0.15, 0.2) is 0 Å². The minimum absolute atomic E-state index is 0.0574. The molecule has 3 N–H and O–H groups in total. The molecule has 1 aromatic carbocycles. The van der Waals surface area contributed by atoms with E-state index in [0.29, 0.717) is 17.4 Å². The number of ether oxygens (including phenoxy) is 1. The second-order valence-electron chi connectivity index (χ2n) is 5.03. The Kier molecular flexibility index (Phi) is 6.29. The van der Waals surface area contributed by atoms with Crippen molar-refractivity contribution < 1.29 is 13.2 Å². The fraction of sp³-hybridized carbons (Fsp3) is 0.571. The van der Waals surface area contributed by atoms with Gasteiger partial charge in [0.05, 0.1) is 5.75 Å². The molecule has 0 saturated carbocycles. The van der Waals surface area contributed by atoms with Gasteiger partial charge in [0.2, 0.25) is 10.0 Å². The third-order valence-electron chi connectivity index (χ3n) is 3.36. The fourth-order valence-corrected chi connectivity index (χ4v) is 2.86. The number of nitrogens with one attached hydrogen (secondary N) is 1. The van der Waals surface area contributed by atoms with Crippen molar-refractivity contribution in [1.29, 1.82) is 0 Å². The van der Waals surface area contributed by atoms with Crippen LogP contribution in [0, 0.1) is 5.92 Å². The van der Waals surface area contributed by atoms with Crippen LogP contribution in [0.15, 0.2) is 24.3 Å². The molecule has 2 atom stereocenters. The van der Waals surface area contributed by atoms with Crippen LogP contribution in [0.25, 0.3) is 0 Å². The van der Waals surface area contributed by atoms with Gasteiger partial charge in [-0.2, -0.15) is 0 Å². The molecule has 114 valence electrons. The molecular formula is C14H24N2O3S. The number of anilines is 1. The minimum Gasteiger partial charge on any atom is -0.492 e. The summed E-state index contributed by atoms with van der Waals surface area (Å²) in [6.07, 6.45) is 0.936. The summed E-state index contributed by atoms with van der Waals surface area (Å²) in [5.41, 5.74) is 6.21. The molecule has 0 radical (unpaired) electrons. The molecule has 0 aliphatic rings. The summed E-state index contributed by atoms with van der Waals surface area (Å²) in [6.45, 7) is 6.07. The van der Waals surface area contributed by atoms with E-state index in [1.165, 1.54) is 0 Å². The minimum atomic E-state index is -3.31. The standard InChI is InChI=1S/C14H24N2O3S/c1-4-11(2)12(3)16-20(17,18)10-9-19-14-7-5-13(15)6-8-14/h5-8,11-12,16H,4,9-10,15H2,1-3H3. The largest absolute Gasteiger partial charge is 0.492 e. The van der Waals surface area contributed by atoms with Crippen molar-refractivity contribution in [1.82, 2.24) is 4.72 Å². The number of benzene rings is 1. The Labute approximate surface area is 121 Å². The molecule has 0 fully saturated rings. The number of nitrogens with two attached hydrogens (primary N) is 1. The first-order valence-corrected chi connectivity index (χ1v) is 8.47. The molecule has 1 rings (SSSR count). The van der Waals surface area contributed by atoms with Gasteiger partial charge >= 0.3 is 0 Å². The zero-order valence-electron chi connectivity index (χ0n) is 12.3. The van der Waals surface area contributed by atoms with Crippen molar-refractivity contribution in [3.63, 3.8) is 0 Å². The van der Waals surface area contributed by atoms with Gasteiger partial charge in [-0.3, -0.25) is 0 Å². The first-order valence-electron chi connectivity index (χ1n) is 6.82. The molecule has 0 saturated heterocycles. The monoisotopic (exact) mass is 300 g/mol. The topological polar surface area (TPSA) is 81.4 Å². The Bertz CT molecular complexity index is 500. The molecular weight excluding hydrogens is 276 g/mol. The van der Waals surface area contributed by atoms with Crippen LogP contribution in [0.4, 0.5) is 5.69 Å². The third kappa shape index (κ3) is 5.79. The maximum atomic E-state index is 11.9. The van der Waals surface area contributed by atoms with E-state index in [4.69, 9.17) is 10.5 Å². The normalized spacial score (nSPS) is 14.8. The second kappa shape index (κ2) is 7.50. The summed E-state index contributed by atoms with van der Waals surface area (Å²) in [6, 6.07) is 6.80. The highest BCUT2D eigenvalue weighted by Gasteiger charge is 2.18. The van der Waals surface area contributed by atoms with E-state index < -0.39 is 10.0 Å². The molecule has 0 aliphatic carbocycles. The molecule has 0 spiro atoms. The van der Waals surface area contributed by atoms with Crippen molar-refractivity contribution in [3.05, 3.63) is 24.3 Å². The van der Waals surface area contributed by atoms with E-state index in [2.05, 4.69) is 4.72 Å². The predicted molar refractivity (Wildman–Crippen MR) is 82.2 cm³/mol. The van der Waals surface area contributed by atoms with Crippen LogP contribution in [0.5, 0.6) is 5.75 Å². The number of hydrogen-bond donors (Lipinski definition) is 2. The lowest BCUT2D eigenvalue weighted by Gasteiger charge is -2.19. The van der Waals surface area contributed by atoms with E-state index in [1.54, 1.807) is 24.3 Å². The van der Waals surface area contributed by atoms with Gasteiger partial charge in [-0.1, -0.05) is 20.3 Å². The highest BCUT2D eigenvalue weighted by Crippen LogP contribution is 2.13. The number of sulfonamides is 1. The molecule has 0 bridgehead atoms. The van der Waals surface area contributed by atoms with Gasteiger partial charge in [0.1, 0.15) is 12.4 Å². The lowest BCUT2D eigenvalue weighted by molar-refractivity contribution is 0.339. The van der Waals surface area contributed by atoms with E-state index in [1.807, 2.05) is 20.8 Å². The van der Waals surface area contributed by atoms with E-state index in [-0.39, 0.29) is 18.4 Å². The summed E-state index contributed by atoms with van der Waals surface area (Å²) in [7, 11) is -3.31. The average molecular weight is 300 g/mol. The van der Waals surface area contributed by atoms with Gasteiger partial charge in [0.25, 0.3) is 0 Å². The number of hydrogen-bond acceptors (Lipinski definition) is 4. The summed E-state index contributed by atoms with van der Waals surface area (Å²) in [5, 5.41) is 0. The first kappa shape index (κ1) is 16.8. The van der Waals surface area contributed by atoms with Crippen molar-refractivity contribution in [2.45, 2.75) is 33.2 Å². The van der Waals surface area contributed by atoms with Crippen LogP contribution in [0.2, 0.25) is 0 Å². The molecule has 6 heteroatoms. The van der Waals surface area contributed by atoms with Crippen LogP contribution >= 0.6 is 0 Å². The Balaban J connectivity index is 2.41. The SMILES string of the molecule is CCC(C)C(C)NS(=O)(=O)CCOc1ccc(N)cc1. The maximum absolute atomic E-state index is 11.9. The second-order valence-corrected chi connectivity index (χ2v) is 6.90. The third-order valence-corrected chi connectivity index (χ3v) is 4.80. The summed E-state index contributed by atoms with van der Waals surface area (Å²) in [4.78, 5) is 0. The van der Waals surface area contributed by atoms with Crippen LogP contribution in [-0.2, 0) is 10.0 Å². The van der Waals surface area contributed by atoms with Gasteiger partial charge in [0, 0.05) is 11.7 Å². The van der Waals surface area contributed by atoms with Crippen LogP contribution in [0.1, 0.15) is 27.2 Å². The summed E-state index contributed by atoms with van der Waals surface area (Å²) >= 11 is 0. The predicted octanol–water partition coefficient (Wildman–Crippen LogP) is 2.00. The zero-order chi connectivity index (χ0) is 15.2. The number of rotatable bonds is 8. The Morgan fingerprint density at radius 1 is 1.25 bits per heavy atom. The molecule has 0 amide bonds.